The van der Waals surface area contributed by atoms with Gasteiger partial charge in [-0.15, -0.1) is 11.3 Å². The smallest absolute Gasteiger partial charge is 0.280 e. The molecule has 7 nitrogen and oxygen atoms in total. The van der Waals surface area contributed by atoms with Crippen LogP contribution in [0.1, 0.15) is 52.5 Å². The molecule has 9 heteroatoms. The Morgan fingerprint density at radius 3 is 2.59 bits per heavy atom. The molecule has 1 aromatic heterocycles. The Bertz CT molecular complexity index is 1060. The summed E-state index contributed by atoms with van der Waals surface area (Å²) in [7, 11) is 4.21. The highest BCUT2D eigenvalue weighted by Gasteiger charge is 2.33. The SMILES string of the molecule is CN(C)C1CCc2nc(C(=O)N[C@@H]3CCCC[C@@H]3NC(=O)C3=CC4C=C(Cl)C=CC4N3)sc2C1. The Morgan fingerprint density at radius 1 is 1.12 bits per heavy atom. The number of aryl methyl sites for hydroxylation is 1. The summed E-state index contributed by atoms with van der Waals surface area (Å²) in [6, 6.07) is 0.372. The van der Waals surface area contributed by atoms with Crippen LogP contribution in [0.15, 0.2) is 35.0 Å². The van der Waals surface area contributed by atoms with Crippen LogP contribution in [-0.2, 0) is 17.6 Å². The molecule has 3 unspecified atom stereocenters. The standard InChI is InChI=1S/C25H32ClN5O2S/c1-31(2)16-8-10-20-22(13-16)34-25(30-20)24(33)29-19-6-4-3-5-18(19)28-23(32)21-12-14-11-15(26)7-9-17(14)27-21/h7,9,11-12,14,16-19,27H,3-6,8,10,13H2,1-2H3,(H,28,32)(H,29,33)/t14?,16?,17?,18-,19+/m0/s1. The molecular weight excluding hydrogens is 470 g/mol. The molecule has 2 amide bonds. The summed E-state index contributed by atoms with van der Waals surface area (Å²) in [4.78, 5) is 34.3. The van der Waals surface area contributed by atoms with Gasteiger partial charge in [0.2, 0.25) is 0 Å². The van der Waals surface area contributed by atoms with Crippen LogP contribution in [0, 0.1) is 5.92 Å². The maximum atomic E-state index is 13.1. The van der Waals surface area contributed by atoms with E-state index in [-0.39, 0.29) is 35.9 Å². The number of hydrogen-bond acceptors (Lipinski definition) is 6. The van der Waals surface area contributed by atoms with Crippen molar-refractivity contribution in [2.24, 2.45) is 5.92 Å². The lowest BCUT2D eigenvalue weighted by molar-refractivity contribution is -0.118. The van der Waals surface area contributed by atoms with Crippen molar-refractivity contribution in [1.82, 2.24) is 25.8 Å². The topological polar surface area (TPSA) is 86.4 Å². The number of thiazole rings is 1. The molecular formula is C25H32ClN5O2S. The van der Waals surface area contributed by atoms with E-state index in [0.29, 0.717) is 21.8 Å². The third-order valence-corrected chi connectivity index (χ3v) is 8.76. The zero-order valence-corrected chi connectivity index (χ0v) is 21.2. The molecule has 5 rings (SSSR count). The van der Waals surface area contributed by atoms with Gasteiger partial charge in [-0.1, -0.05) is 36.6 Å². The Balaban J connectivity index is 1.22. The zero-order chi connectivity index (χ0) is 23.8. The molecule has 0 radical (unpaired) electrons. The summed E-state index contributed by atoms with van der Waals surface area (Å²) < 4.78 is 0. The van der Waals surface area contributed by atoms with Crippen molar-refractivity contribution < 1.29 is 9.59 Å². The average molecular weight is 502 g/mol. The molecule has 3 N–H and O–H groups in total. The van der Waals surface area contributed by atoms with Crippen molar-refractivity contribution in [3.63, 3.8) is 0 Å². The highest BCUT2D eigenvalue weighted by Crippen LogP contribution is 2.30. The molecule has 5 atom stereocenters. The summed E-state index contributed by atoms with van der Waals surface area (Å²) >= 11 is 7.63. The van der Waals surface area contributed by atoms with E-state index >= 15 is 0 Å². The molecule has 0 aromatic carbocycles. The van der Waals surface area contributed by atoms with Crippen molar-refractivity contribution in [3.8, 4) is 0 Å². The molecule has 3 aliphatic carbocycles. The van der Waals surface area contributed by atoms with E-state index in [2.05, 4.69) is 39.9 Å². The molecule has 182 valence electrons. The molecule has 34 heavy (non-hydrogen) atoms. The molecule has 2 heterocycles. The number of halogens is 1. The van der Waals surface area contributed by atoms with Crippen molar-refractivity contribution in [1.29, 1.82) is 0 Å². The first-order chi connectivity index (χ1) is 16.4. The second-order valence-electron chi connectivity index (χ2n) is 9.93. The van der Waals surface area contributed by atoms with E-state index < -0.39 is 0 Å². The number of likely N-dealkylation sites (N-methyl/N-ethyl adjacent to an activating group) is 1. The monoisotopic (exact) mass is 501 g/mol. The van der Waals surface area contributed by atoms with Crippen LogP contribution in [0.3, 0.4) is 0 Å². The Hall–Kier alpha value is -2.16. The third-order valence-electron chi connectivity index (χ3n) is 7.39. The van der Waals surface area contributed by atoms with Gasteiger partial charge in [-0.05, 0) is 58.4 Å². The van der Waals surface area contributed by atoms with E-state index in [9.17, 15) is 9.59 Å². The lowest BCUT2D eigenvalue weighted by atomic mass is 9.90. The maximum absolute atomic E-state index is 13.1. The number of carbonyl (C=O) groups excluding carboxylic acids is 2. The fourth-order valence-electron chi connectivity index (χ4n) is 5.37. The van der Waals surface area contributed by atoms with Gasteiger partial charge in [0.05, 0.1) is 17.4 Å². The fourth-order valence-corrected chi connectivity index (χ4v) is 6.67. The van der Waals surface area contributed by atoms with Gasteiger partial charge in [-0.3, -0.25) is 9.59 Å². The van der Waals surface area contributed by atoms with Gasteiger partial charge in [-0.2, -0.15) is 0 Å². The van der Waals surface area contributed by atoms with Crippen LogP contribution in [0.4, 0.5) is 0 Å². The summed E-state index contributed by atoms with van der Waals surface area (Å²) in [5.74, 6) is -0.165. The number of nitrogens with zero attached hydrogens (tertiary/aromatic N) is 2. The molecule has 4 aliphatic rings. The van der Waals surface area contributed by atoms with Gasteiger partial charge in [0.25, 0.3) is 11.8 Å². The number of fused-ring (bicyclic) bond motifs is 2. The lowest BCUT2D eigenvalue weighted by Gasteiger charge is -2.32. The second-order valence-corrected chi connectivity index (χ2v) is 11.5. The fraction of sp³-hybridized carbons (Fsp3) is 0.560. The van der Waals surface area contributed by atoms with E-state index in [1.54, 1.807) is 0 Å². The highest BCUT2D eigenvalue weighted by molar-refractivity contribution is 7.13. The Morgan fingerprint density at radius 2 is 1.85 bits per heavy atom. The first kappa shape index (κ1) is 23.6. The van der Waals surface area contributed by atoms with E-state index in [0.717, 1.165) is 50.6 Å². The normalized spacial score (nSPS) is 30.1. The van der Waals surface area contributed by atoms with E-state index in [1.165, 1.54) is 16.2 Å². The van der Waals surface area contributed by atoms with Gasteiger partial charge in [0.1, 0.15) is 0 Å². The van der Waals surface area contributed by atoms with E-state index in [1.807, 2.05) is 24.3 Å². The Labute approximate surface area is 209 Å². The predicted octanol–water partition coefficient (Wildman–Crippen LogP) is 2.88. The molecule has 0 spiro atoms. The average Bonchev–Trinajstić information content (AvgIpc) is 3.43. The third kappa shape index (κ3) is 4.95. The molecule has 0 bridgehead atoms. The first-order valence-electron chi connectivity index (χ1n) is 12.2. The minimum atomic E-state index is -0.127. The molecule has 1 aliphatic heterocycles. The lowest BCUT2D eigenvalue weighted by Crippen LogP contribution is -2.54. The maximum Gasteiger partial charge on any atom is 0.280 e. The minimum absolute atomic E-state index is 0.0631. The van der Waals surface area contributed by atoms with Crippen LogP contribution < -0.4 is 16.0 Å². The van der Waals surface area contributed by atoms with Crippen molar-refractivity contribution in [2.45, 2.75) is 69.1 Å². The molecule has 1 saturated carbocycles. The molecule has 1 aromatic rings. The van der Waals surface area contributed by atoms with Crippen LogP contribution in [-0.4, -0.2) is 60.0 Å². The number of carbonyl (C=O) groups is 2. The van der Waals surface area contributed by atoms with Gasteiger partial charge < -0.3 is 20.9 Å². The van der Waals surface area contributed by atoms with Gasteiger partial charge in [0.15, 0.2) is 5.01 Å². The summed E-state index contributed by atoms with van der Waals surface area (Å²) in [5, 5.41) is 10.9. The van der Waals surface area contributed by atoms with Crippen LogP contribution >= 0.6 is 22.9 Å². The summed E-state index contributed by atoms with van der Waals surface area (Å²) in [6.45, 7) is 0. The number of allylic oxidation sites excluding steroid dienone is 2. The summed E-state index contributed by atoms with van der Waals surface area (Å²) in [6.07, 6.45) is 14.5. The van der Waals surface area contributed by atoms with Crippen LogP contribution in [0.2, 0.25) is 0 Å². The van der Waals surface area contributed by atoms with Crippen molar-refractivity contribution in [2.75, 3.05) is 14.1 Å². The quantitative estimate of drug-likeness (QED) is 0.577. The van der Waals surface area contributed by atoms with Gasteiger partial charge >= 0.3 is 0 Å². The van der Waals surface area contributed by atoms with Crippen molar-refractivity contribution in [3.05, 3.63) is 50.6 Å². The number of amides is 2. The molecule has 0 saturated heterocycles. The minimum Gasteiger partial charge on any atom is -0.374 e. The molecule has 1 fully saturated rings. The van der Waals surface area contributed by atoms with Crippen LogP contribution in [0.25, 0.3) is 0 Å². The zero-order valence-electron chi connectivity index (χ0n) is 19.6. The number of aromatic nitrogens is 1. The largest absolute Gasteiger partial charge is 0.374 e. The number of nitrogens with one attached hydrogen (secondary N) is 3. The predicted molar refractivity (Wildman–Crippen MR) is 135 cm³/mol. The van der Waals surface area contributed by atoms with Gasteiger partial charge in [-0.25, -0.2) is 4.98 Å². The number of hydrogen-bond donors (Lipinski definition) is 3. The van der Waals surface area contributed by atoms with E-state index in [4.69, 9.17) is 11.6 Å². The number of rotatable bonds is 5. The Kier molecular flexibility index (Phi) is 6.82. The second kappa shape index (κ2) is 9.84. The highest BCUT2D eigenvalue weighted by atomic mass is 35.5. The summed E-state index contributed by atoms with van der Waals surface area (Å²) in [5.41, 5.74) is 1.65. The van der Waals surface area contributed by atoms with Crippen LogP contribution in [0.5, 0.6) is 0 Å². The van der Waals surface area contributed by atoms with Gasteiger partial charge in [0, 0.05) is 34.0 Å². The van der Waals surface area contributed by atoms with Crippen molar-refractivity contribution >= 4 is 34.8 Å². The first-order valence-corrected chi connectivity index (χ1v) is 13.4.